The van der Waals surface area contributed by atoms with E-state index in [0.717, 1.165) is 17.1 Å². The molecule has 0 radical (unpaired) electrons. The van der Waals surface area contributed by atoms with Crippen LogP contribution >= 0.6 is 11.6 Å². The molecule has 0 saturated heterocycles. The molecule has 8 nitrogen and oxygen atoms in total. The van der Waals surface area contributed by atoms with Crippen molar-refractivity contribution in [3.05, 3.63) is 89.4 Å². The van der Waals surface area contributed by atoms with Crippen LogP contribution in [0.15, 0.2) is 83.8 Å². The number of nitrogens with one attached hydrogen (secondary N) is 1. The summed E-state index contributed by atoms with van der Waals surface area (Å²) < 4.78 is 34.8. The minimum atomic E-state index is -4.20. The molecule has 10 heteroatoms. The first kappa shape index (κ1) is 32.0. The Bertz CT molecular complexity index is 1400. The van der Waals surface area contributed by atoms with Crippen molar-refractivity contribution < 1.29 is 22.7 Å². The summed E-state index contributed by atoms with van der Waals surface area (Å²) in [6.07, 6.45) is 2.04. The molecule has 0 bridgehead atoms. The normalized spacial score (nSPS) is 11.9. The van der Waals surface area contributed by atoms with E-state index < -0.39 is 28.5 Å². The monoisotopic (exact) mass is 599 g/mol. The maximum atomic E-state index is 14.2. The number of halogens is 1. The lowest BCUT2D eigenvalue weighted by Crippen LogP contribution is -2.52. The van der Waals surface area contributed by atoms with Crippen LogP contribution in [-0.4, -0.2) is 50.9 Å². The number of hydrogen-bond acceptors (Lipinski definition) is 5. The maximum Gasteiger partial charge on any atom is 0.264 e. The smallest absolute Gasteiger partial charge is 0.264 e. The van der Waals surface area contributed by atoms with Crippen molar-refractivity contribution in [2.75, 3.05) is 24.0 Å². The number of nitrogens with zero attached hydrogens (tertiary/aromatic N) is 2. The molecule has 3 aromatic carbocycles. The Morgan fingerprint density at radius 1 is 0.927 bits per heavy atom. The van der Waals surface area contributed by atoms with E-state index in [1.165, 1.54) is 17.0 Å². The average molecular weight is 600 g/mol. The van der Waals surface area contributed by atoms with Gasteiger partial charge >= 0.3 is 0 Å². The zero-order valence-electron chi connectivity index (χ0n) is 23.8. The molecule has 0 saturated carbocycles. The molecule has 3 rings (SSSR count). The highest BCUT2D eigenvalue weighted by Crippen LogP contribution is 2.33. The van der Waals surface area contributed by atoms with Gasteiger partial charge in [0.25, 0.3) is 10.0 Å². The number of para-hydroxylation sites is 2. The fraction of sp³-hybridized carbons (Fsp3) is 0.355. The molecule has 3 aromatic rings. The highest BCUT2D eigenvalue weighted by molar-refractivity contribution is 7.92. The summed E-state index contributed by atoms with van der Waals surface area (Å²) in [4.78, 5) is 28.9. The maximum absolute atomic E-state index is 14.2. The van der Waals surface area contributed by atoms with E-state index in [9.17, 15) is 18.0 Å². The van der Waals surface area contributed by atoms with Gasteiger partial charge in [0.2, 0.25) is 11.8 Å². The number of carbonyl (C=O) groups is 2. The Morgan fingerprint density at radius 3 is 2.24 bits per heavy atom. The van der Waals surface area contributed by atoms with Crippen LogP contribution in [0.4, 0.5) is 5.69 Å². The van der Waals surface area contributed by atoms with Gasteiger partial charge in [0.15, 0.2) is 0 Å². The van der Waals surface area contributed by atoms with Crippen molar-refractivity contribution in [2.45, 2.75) is 57.5 Å². The summed E-state index contributed by atoms with van der Waals surface area (Å²) in [7, 11) is -4.20. The SMILES string of the molecule is CCCCNC(=O)[C@@H](CC)N(Cc1ccccc1Cl)C(=O)CN(c1ccccc1OCC)S(=O)(=O)c1ccccc1. The Hall–Kier alpha value is -3.56. The third kappa shape index (κ3) is 8.24. The van der Waals surface area contributed by atoms with Crippen LogP contribution in [0.3, 0.4) is 0 Å². The number of unbranched alkanes of at least 4 members (excludes halogenated alkanes) is 1. The van der Waals surface area contributed by atoms with Gasteiger partial charge in [-0.05, 0) is 55.7 Å². The number of carbonyl (C=O) groups excluding carboxylic acids is 2. The lowest BCUT2D eigenvalue weighted by molar-refractivity contribution is -0.140. The van der Waals surface area contributed by atoms with Crippen LogP contribution in [-0.2, 0) is 26.2 Å². The lowest BCUT2D eigenvalue weighted by atomic mass is 10.1. The predicted molar refractivity (Wildman–Crippen MR) is 163 cm³/mol. The highest BCUT2D eigenvalue weighted by atomic mass is 35.5. The molecule has 0 fully saturated rings. The number of benzene rings is 3. The predicted octanol–water partition coefficient (Wildman–Crippen LogP) is 5.66. The number of hydrogen-bond donors (Lipinski definition) is 1. The second-order valence-corrected chi connectivity index (χ2v) is 11.7. The summed E-state index contributed by atoms with van der Waals surface area (Å²) >= 11 is 6.45. The van der Waals surface area contributed by atoms with Crippen LogP contribution in [0.1, 0.15) is 45.6 Å². The largest absolute Gasteiger partial charge is 0.492 e. The van der Waals surface area contributed by atoms with Crippen molar-refractivity contribution in [1.82, 2.24) is 10.2 Å². The van der Waals surface area contributed by atoms with E-state index in [1.54, 1.807) is 73.7 Å². The van der Waals surface area contributed by atoms with Crippen molar-refractivity contribution in [2.24, 2.45) is 0 Å². The van der Waals surface area contributed by atoms with Crippen LogP contribution in [0.2, 0.25) is 5.02 Å². The molecule has 0 aromatic heterocycles. The number of ether oxygens (including phenoxy) is 1. The molecule has 0 heterocycles. The molecular weight excluding hydrogens is 562 g/mol. The van der Waals surface area contributed by atoms with E-state index in [4.69, 9.17) is 16.3 Å². The number of anilines is 1. The lowest BCUT2D eigenvalue weighted by Gasteiger charge is -2.33. The van der Waals surface area contributed by atoms with E-state index in [1.807, 2.05) is 13.8 Å². The van der Waals surface area contributed by atoms with Gasteiger partial charge in [-0.3, -0.25) is 13.9 Å². The van der Waals surface area contributed by atoms with Gasteiger partial charge in [-0.2, -0.15) is 0 Å². The summed E-state index contributed by atoms with van der Waals surface area (Å²) in [5.41, 5.74) is 0.874. The first-order valence-electron chi connectivity index (χ1n) is 13.8. The van der Waals surface area contributed by atoms with Crippen LogP contribution in [0, 0.1) is 0 Å². The molecule has 0 aliphatic heterocycles. The van der Waals surface area contributed by atoms with Gasteiger partial charge < -0.3 is 15.0 Å². The minimum Gasteiger partial charge on any atom is -0.492 e. The molecule has 41 heavy (non-hydrogen) atoms. The van der Waals surface area contributed by atoms with Crippen molar-refractivity contribution >= 4 is 39.1 Å². The van der Waals surface area contributed by atoms with Gasteiger partial charge in [-0.15, -0.1) is 0 Å². The minimum absolute atomic E-state index is 0.0288. The Balaban J connectivity index is 2.08. The summed E-state index contributed by atoms with van der Waals surface area (Å²) in [5.74, 6) is -0.522. The fourth-order valence-corrected chi connectivity index (χ4v) is 6.05. The molecule has 1 atom stereocenters. The van der Waals surface area contributed by atoms with Crippen LogP contribution < -0.4 is 14.4 Å². The zero-order chi connectivity index (χ0) is 29.8. The highest BCUT2D eigenvalue weighted by Gasteiger charge is 2.34. The molecule has 0 aliphatic rings. The van der Waals surface area contributed by atoms with Gasteiger partial charge in [0.05, 0.1) is 17.2 Å². The third-order valence-electron chi connectivity index (χ3n) is 6.56. The molecule has 2 amide bonds. The molecule has 0 spiro atoms. The Kier molecular flexibility index (Phi) is 12.0. The second kappa shape index (κ2) is 15.4. The topological polar surface area (TPSA) is 96.0 Å². The fourth-order valence-electron chi connectivity index (χ4n) is 4.41. The van der Waals surface area contributed by atoms with Crippen molar-refractivity contribution in [1.29, 1.82) is 0 Å². The molecule has 1 N–H and O–H groups in total. The Morgan fingerprint density at radius 2 is 1.59 bits per heavy atom. The number of sulfonamides is 1. The molecule has 0 aliphatic carbocycles. The standard InChI is InChI=1S/C31H38ClN3O5S/c1-4-7-21-33-31(37)27(5-2)34(22-24-15-11-12-18-26(24)32)30(36)23-35(28-19-13-14-20-29(28)40-6-3)41(38,39)25-16-9-8-10-17-25/h8-20,27H,4-7,21-23H2,1-3H3,(H,33,37)/t27-/m1/s1. The van der Waals surface area contributed by atoms with E-state index in [2.05, 4.69) is 5.32 Å². The van der Waals surface area contributed by atoms with Crippen LogP contribution in [0.25, 0.3) is 0 Å². The van der Waals surface area contributed by atoms with E-state index >= 15 is 0 Å². The average Bonchev–Trinajstić information content (AvgIpc) is 2.97. The van der Waals surface area contributed by atoms with E-state index in [-0.39, 0.29) is 23.0 Å². The summed E-state index contributed by atoms with van der Waals surface area (Å²) in [6, 6.07) is 20.9. The molecule has 0 unspecified atom stereocenters. The first-order chi connectivity index (χ1) is 19.7. The summed E-state index contributed by atoms with van der Waals surface area (Å²) in [6.45, 7) is 5.91. The van der Waals surface area contributed by atoms with Crippen molar-refractivity contribution in [3.63, 3.8) is 0 Å². The van der Waals surface area contributed by atoms with Gasteiger partial charge in [-0.1, -0.05) is 80.4 Å². The summed E-state index contributed by atoms with van der Waals surface area (Å²) in [5, 5.41) is 3.37. The third-order valence-corrected chi connectivity index (χ3v) is 8.70. The molecular formula is C31H38ClN3O5S. The van der Waals surface area contributed by atoms with Gasteiger partial charge in [-0.25, -0.2) is 8.42 Å². The van der Waals surface area contributed by atoms with Crippen LogP contribution in [0.5, 0.6) is 5.75 Å². The molecule has 220 valence electrons. The number of rotatable bonds is 15. The first-order valence-corrected chi connectivity index (χ1v) is 15.7. The Labute approximate surface area is 248 Å². The zero-order valence-corrected chi connectivity index (χ0v) is 25.3. The van der Waals surface area contributed by atoms with Crippen molar-refractivity contribution in [3.8, 4) is 5.75 Å². The second-order valence-electron chi connectivity index (χ2n) is 9.41. The quantitative estimate of drug-likeness (QED) is 0.228. The number of amides is 2. The van der Waals surface area contributed by atoms with E-state index in [0.29, 0.717) is 35.9 Å². The van der Waals surface area contributed by atoms with Gasteiger partial charge in [0.1, 0.15) is 18.3 Å². The van der Waals surface area contributed by atoms with Gasteiger partial charge in [0, 0.05) is 18.1 Å².